The first kappa shape index (κ1) is 11.9. The molecule has 0 spiro atoms. The first-order valence-corrected chi connectivity index (χ1v) is 5.38. The third-order valence-corrected chi connectivity index (χ3v) is 2.44. The van der Waals surface area contributed by atoms with Crippen LogP contribution in [0.15, 0.2) is 30.6 Å². The van der Waals surface area contributed by atoms with Gasteiger partial charge in [-0.25, -0.2) is 4.79 Å². The van der Waals surface area contributed by atoms with Gasteiger partial charge in [0.15, 0.2) is 0 Å². The van der Waals surface area contributed by atoms with Gasteiger partial charge in [0.2, 0.25) is 0 Å². The van der Waals surface area contributed by atoms with Crippen LogP contribution in [0.5, 0.6) is 0 Å². The van der Waals surface area contributed by atoms with Crippen LogP contribution >= 0.6 is 0 Å². The summed E-state index contributed by atoms with van der Waals surface area (Å²) in [7, 11) is 0. The Balaban J connectivity index is 2.06. The van der Waals surface area contributed by atoms with E-state index in [9.17, 15) is 4.79 Å². The Morgan fingerprint density at radius 1 is 1.50 bits per heavy atom. The molecule has 0 fully saturated rings. The van der Waals surface area contributed by atoms with Gasteiger partial charge in [-0.3, -0.25) is 4.68 Å². The Morgan fingerprint density at radius 2 is 2.33 bits per heavy atom. The number of aromatic carboxylic acids is 1. The van der Waals surface area contributed by atoms with Crippen LogP contribution in [0.4, 0.5) is 11.4 Å². The highest BCUT2D eigenvalue weighted by Gasteiger charge is 2.11. The van der Waals surface area contributed by atoms with E-state index < -0.39 is 5.97 Å². The molecule has 0 unspecified atom stereocenters. The van der Waals surface area contributed by atoms with E-state index in [1.54, 1.807) is 29.2 Å². The lowest BCUT2D eigenvalue weighted by Crippen LogP contribution is -2.14. The second-order valence-electron chi connectivity index (χ2n) is 3.67. The molecule has 0 saturated carbocycles. The molecule has 0 saturated heterocycles. The zero-order chi connectivity index (χ0) is 13.0. The standard InChI is InChI=1S/C11H13N5O2/c12-9-3-1-2-8(11(17)18)10(9)13-4-6-16-7-5-14-15-16/h1-3,5,7,13H,4,6,12H2,(H,17,18). The number of carboxylic acids is 1. The minimum Gasteiger partial charge on any atom is -0.478 e. The smallest absolute Gasteiger partial charge is 0.337 e. The van der Waals surface area contributed by atoms with Gasteiger partial charge in [0, 0.05) is 12.7 Å². The molecule has 0 aliphatic rings. The number of benzene rings is 1. The Kier molecular flexibility index (Phi) is 3.42. The SMILES string of the molecule is Nc1cccc(C(=O)O)c1NCCn1ccnn1. The highest BCUT2D eigenvalue weighted by molar-refractivity contribution is 5.97. The van der Waals surface area contributed by atoms with Crippen molar-refractivity contribution in [3.05, 3.63) is 36.2 Å². The summed E-state index contributed by atoms with van der Waals surface area (Å²) in [6, 6.07) is 4.78. The number of hydrogen-bond donors (Lipinski definition) is 3. The van der Waals surface area contributed by atoms with Crippen LogP contribution in [-0.2, 0) is 6.54 Å². The summed E-state index contributed by atoms with van der Waals surface area (Å²) < 4.78 is 1.65. The quantitative estimate of drug-likeness (QED) is 0.670. The first-order chi connectivity index (χ1) is 8.68. The largest absolute Gasteiger partial charge is 0.478 e. The number of nitrogens with zero attached hydrogens (tertiary/aromatic N) is 3. The van der Waals surface area contributed by atoms with E-state index in [2.05, 4.69) is 15.6 Å². The summed E-state index contributed by atoms with van der Waals surface area (Å²) in [5, 5.41) is 19.5. The zero-order valence-corrected chi connectivity index (χ0v) is 9.58. The highest BCUT2D eigenvalue weighted by Crippen LogP contribution is 2.23. The molecule has 1 aromatic heterocycles. The number of carbonyl (C=O) groups is 1. The van der Waals surface area contributed by atoms with Crippen LogP contribution < -0.4 is 11.1 Å². The van der Waals surface area contributed by atoms with E-state index in [4.69, 9.17) is 10.8 Å². The van der Waals surface area contributed by atoms with Gasteiger partial charge < -0.3 is 16.2 Å². The van der Waals surface area contributed by atoms with Crippen molar-refractivity contribution in [3.63, 3.8) is 0 Å². The molecule has 94 valence electrons. The van der Waals surface area contributed by atoms with Crippen LogP contribution in [0.1, 0.15) is 10.4 Å². The highest BCUT2D eigenvalue weighted by atomic mass is 16.4. The number of aromatic nitrogens is 3. The fourth-order valence-electron chi connectivity index (χ4n) is 1.59. The molecule has 1 heterocycles. The van der Waals surface area contributed by atoms with Crippen LogP contribution in [0, 0.1) is 0 Å². The van der Waals surface area contributed by atoms with Gasteiger partial charge in [-0.05, 0) is 12.1 Å². The normalized spacial score (nSPS) is 10.2. The number of anilines is 2. The summed E-state index contributed by atoms with van der Waals surface area (Å²) in [6.07, 6.45) is 3.31. The van der Waals surface area contributed by atoms with Crippen molar-refractivity contribution in [1.29, 1.82) is 0 Å². The van der Waals surface area contributed by atoms with Crippen molar-refractivity contribution < 1.29 is 9.90 Å². The van der Waals surface area contributed by atoms with Gasteiger partial charge in [0.1, 0.15) is 0 Å². The van der Waals surface area contributed by atoms with Crippen molar-refractivity contribution >= 4 is 17.3 Å². The third kappa shape index (κ3) is 2.57. The predicted molar refractivity (Wildman–Crippen MR) is 66.3 cm³/mol. The molecule has 0 radical (unpaired) electrons. The topological polar surface area (TPSA) is 106 Å². The van der Waals surface area contributed by atoms with Crippen LogP contribution in [0.2, 0.25) is 0 Å². The minimum atomic E-state index is -1.01. The van der Waals surface area contributed by atoms with E-state index in [0.29, 0.717) is 24.5 Å². The molecule has 7 nitrogen and oxygen atoms in total. The van der Waals surface area contributed by atoms with Gasteiger partial charge in [-0.1, -0.05) is 11.3 Å². The lowest BCUT2D eigenvalue weighted by Gasteiger charge is -2.11. The maximum Gasteiger partial charge on any atom is 0.337 e. The number of rotatable bonds is 5. The molecule has 7 heteroatoms. The molecular weight excluding hydrogens is 234 g/mol. The molecule has 0 aliphatic carbocycles. The molecule has 0 atom stereocenters. The molecule has 2 rings (SSSR count). The van der Waals surface area contributed by atoms with Gasteiger partial charge in [0.25, 0.3) is 0 Å². The second-order valence-corrected chi connectivity index (χ2v) is 3.67. The van der Waals surface area contributed by atoms with Crippen LogP contribution in [0.25, 0.3) is 0 Å². The Labute approximate surface area is 103 Å². The maximum atomic E-state index is 11.0. The first-order valence-electron chi connectivity index (χ1n) is 5.38. The van der Waals surface area contributed by atoms with E-state index >= 15 is 0 Å². The fraction of sp³-hybridized carbons (Fsp3) is 0.182. The predicted octanol–water partition coefficient (Wildman–Crippen LogP) is 0.671. The average Bonchev–Trinajstić information content (AvgIpc) is 2.84. The molecule has 2 aromatic rings. The molecule has 0 amide bonds. The van der Waals surface area contributed by atoms with Crippen molar-refractivity contribution in [1.82, 2.24) is 15.0 Å². The Bertz CT molecular complexity index is 538. The van der Waals surface area contributed by atoms with Gasteiger partial charge in [-0.2, -0.15) is 0 Å². The summed E-state index contributed by atoms with van der Waals surface area (Å²) in [4.78, 5) is 11.0. The number of nitrogen functional groups attached to an aromatic ring is 1. The van der Waals surface area contributed by atoms with Crippen LogP contribution in [0.3, 0.4) is 0 Å². The summed E-state index contributed by atoms with van der Waals surface area (Å²) >= 11 is 0. The second kappa shape index (κ2) is 5.17. The fourth-order valence-corrected chi connectivity index (χ4v) is 1.59. The van der Waals surface area contributed by atoms with Crippen molar-refractivity contribution in [2.75, 3.05) is 17.6 Å². The van der Waals surface area contributed by atoms with E-state index in [1.807, 2.05) is 0 Å². The monoisotopic (exact) mass is 247 g/mol. The zero-order valence-electron chi connectivity index (χ0n) is 9.58. The van der Waals surface area contributed by atoms with Gasteiger partial charge in [-0.15, -0.1) is 5.10 Å². The molecule has 0 aliphatic heterocycles. The van der Waals surface area contributed by atoms with Crippen molar-refractivity contribution in [2.45, 2.75) is 6.54 Å². The third-order valence-electron chi connectivity index (χ3n) is 2.44. The number of nitrogens with one attached hydrogen (secondary N) is 1. The molecule has 18 heavy (non-hydrogen) atoms. The minimum absolute atomic E-state index is 0.161. The Morgan fingerprint density at radius 3 is 3.00 bits per heavy atom. The molecule has 0 bridgehead atoms. The average molecular weight is 247 g/mol. The van der Waals surface area contributed by atoms with Gasteiger partial charge >= 0.3 is 5.97 Å². The summed E-state index contributed by atoms with van der Waals surface area (Å²) in [5.41, 5.74) is 6.76. The van der Waals surface area contributed by atoms with Crippen molar-refractivity contribution in [3.8, 4) is 0 Å². The van der Waals surface area contributed by atoms with Crippen molar-refractivity contribution in [2.24, 2.45) is 0 Å². The molecule has 1 aromatic carbocycles. The van der Waals surface area contributed by atoms with Gasteiger partial charge in [0.05, 0.1) is 29.7 Å². The number of hydrogen-bond acceptors (Lipinski definition) is 5. The molecule has 4 N–H and O–H groups in total. The lowest BCUT2D eigenvalue weighted by atomic mass is 10.1. The number of nitrogens with two attached hydrogens (primary N) is 1. The maximum absolute atomic E-state index is 11.0. The summed E-state index contributed by atoms with van der Waals surface area (Å²) in [6.45, 7) is 1.09. The van der Waals surface area contributed by atoms with E-state index in [0.717, 1.165) is 0 Å². The van der Waals surface area contributed by atoms with E-state index in [1.165, 1.54) is 6.07 Å². The lowest BCUT2D eigenvalue weighted by molar-refractivity contribution is 0.0698. The molecular formula is C11H13N5O2. The number of para-hydroxylation sites is 1. The number of carboxylic acid groups (broad SMARTS) is 1. The van der Waals surface area contributed by atoms with Crippen LogP contribution in [-0.4, -0.2) is 32.6 Å². The Hall–Kier alpha value is -2.57. The summed E-state index contributed by atoms with van der Waals surface area (Å²) in [5.74, 6) is -1.01. The van der Waals surface area contributed by atoms with E-state index in [-0.39, 0.29) is 5.56 Å².